The highest BCUT2D eigenvalue weighted by atomic mass is 19.1. The van der Waals surface area contributed by atoms with Gasteiger partial charge in [0.05, 0.1) is 5.69 Å². The highest BCUT2D eigenvalue weighted by Crippen LogP contribution is 2.18. The molecule has 3 N–H and O–H groups in total. The van der Waals surface area contributed by atoms with Crippen molar-refractivity contribution in [1.82, 2.24) is 5.32 Å². The van der Waals surface area contributed by atoms with Crippen molar-refractivity contribution in [3.8, 4) is 0 Å². The molecule has 0 saturated carbocycles. The number of carboxylic acid groups (broad SMARTS) is 1. The topological polar surface area (TPSA) is 95.5 Å². The molecule has 0 fully saturated rings. The van der Waals surface area contributed by atoms with E-state index < -0.39 is 30.1 Å². The normalized spacial score (nSPS) is 9.67. The fourth-order valence-corrected chi connectivity index (χ4v) is 1.20. The van der Waals surface area contributed by atoms with E-state index in [0.717, 1.165) is 6.07 Å². The minimum absolute atomic E-state index is 0.104. The summed E-state index contributed by atoms with van der Waals surface area (Å²) >= 11 is 0. The van der Waals surface area contributed by atoms with Gasteiger partial charge < -0.3 is 15.7 Å². The molecule has 0 unspecified atom stereocenters. The highest BCUT2D eigenvalue weighted by molar-refractivity contribution is 6.39. The first-order valence-corrected chi connectivity index (χ1v) is 4.98. The minimum Gasteiger partial charge on any atom is -0.480 e. The van der Waals surface area contributed by atoms with Gasteiger partial charge in [0.15, 0.2) is 0 Å². The lowest BCUT2D eigenvalue weighted by atomic mass is 10.2. The summed E-state index contributed by atoms with van der Waals surface area (Å²) in [5.41, 5.74) is 0.349. The zero-order chi connectivity index (χ0) is 13.7. The van der Waals surface area contributed by atoms with Crippen molar-refractivity contribution in [2.75, 3.05) is 11.9 Å². The van der Waals surface area contributed by atoms with Crippen LogP contribution in [0, 0.1) is 12.7 Å². The maximum atomic E-state index is 13.3. The van der Waals surface area contributed by atoms with Gasteiger partial charge in [-0.15, -0.1) is 0 Å². The number of hydrogen-bond donors (Lipinski definition) is 3. The smallest absolute Gasteiger partial charge is 0.322 e. The highest BCUT2D eigenvalue weighted by Gasteiger charge is 2.17. The van der Waals surface area contributed by atoms with Gasteiger partial charge in [0.25, 0.3) is 0 Å². The zero-order valence-corrected chi connectivity index (χ0v) is 9.49. The van der Waals surface area contributed by atoms with Crippen molar-refractivity contribution in [1.29, 1.82) is 0 Å². The molecule has 2 amide bonds. The van der Waals surface area contributed by atoms with E-state index in [2.05, 4.69) is 5.32 Å². The lowest BCUT2D eigenvalue weighted by Crippen LogP contribution is -2.38. The Bertz CT molecular complexity index is 482. The quantitative estimate of drug-likeness (QED) is 0.675. The molecule has 0 aliphatic rings. The van der Waals surface area contributed by atoms with Crippen LogP contribution in [0.15, 0.2) is 18.2 Å². The maximum Gasteiger partial charge on any atom is 0.322 e. The summed E-state index contributed by atoms with van der Waals surface area (Å²) in [6, 6.07) is 4.16. The number of rotatable bonds is 3. The molecule has 6 nitrogen and oxygen atoms in total. The lowest BCUT2D eigenvalue weighted by Gasteiger charge is -2.08. The average Bonchev–Trinajstić information content (AvgIpc) is 2.30. The predicted molar refractivity (Wildman–Crippen MR) is 60.4 cm³/mol. The summed E-state index contributed by atoms with van der Waals surface area (Å²) in [5, 5.41) is 12.3. The van der Waals surface area contributed by atoms with Gasteiger partial charge in [0.1, 0.15) is 12.4 Å². The number of carbonyl (C=O) groups excluding carboxylic acids is 2. The van der Waals surface area contributed by atoms with Crippen LogP contribution >= 0.6 is 0 Å². The first-order chi connectivity index (χ1) is 8.41. The van der Waals surface area contributed by atoms with Crippen molar-refractivity contribution in [2.45, 2.75) is 6.92 Å². The van der Waals surface area contributed by atoms with Crippen LogP contribution in [0.3, 0.4) is 0 Å². The van der Waals surface area contributed by atoms with Crippen LogP contribution in [0.1, 0.15) is 5.56 Å². The molecule has 0 radical (unpaired) electrons. The van der Waals surface area contributed by atoms with Gasteiger partial charge in [-0.1, -0.05) is 12.1 Å². The summed E-state index contributed by atoms with van der Waals surface area (Å²) in [4.78, 5) is 32.7. The van der Waals surface area contributed by atoms with E-state index in [1.165, 1.54) is 6.07 Å². The van der Waals surface area contributed by atoms with Gasteiger partial charge in [0, 0.05) is 0 Å². The molecular formula is C11H11FN2O4. The van der Waals surface area contributed by atoms with Crippen molar-refractivity contribution < 1.29 is 23.9 Å². The van der Waals surface area contributed by atoms with Crippen LogP contribution in [0.2, 0.25) is 0 Å². The van der Waals surface area contributed by atoms with Gasteiger partial charge in [0.2, 0.25) is 0 Å². The molecule has 7 heteroatoms. The molecule has 0 bridgehead atoms. The third kappa shape index (κ3) is 3.55. The Morgan fingerprint density at radius 1 is 1.28 bits per heavy atom. The van der Waals surface area contributed by atoms with E-state index in [1.807, 2.05) is 5.32 Å². The molecule has 0 saturated heterocycles. The number of aryl methyl sites for hydroxylation is 1. The number of hydrogen-bond acceptors (Lipinski definition) is 3. The Morgan fingerprint density at radius 2 is 1.94 bits per heavy atom. The Balaban J connectivity index is 2.70. The largest absolute Gasteiger partial charge is 0.480 e. The Labute approximate surface area is 102 Å². The molecule has 0 aliphatic heterocycles. The second-order valence-corrected chi connectivity index (χ2v) is 3.46. The Morgan fingerprint density at radius 3 is 2.50 bits per heavy atom. The molecule has 0 aromatic heterocycles. The second kappa shape index (κ2) is 5.76. The molecule has 0 atom stereocenters. The third-order valence-electron chi connectivity index (χ3n) is 2.07. The molecular weight excluding hydrogens is 243 g/mol. The first-order valence-electron chi connectivity index (χ1n) is 4.98. The number of anilines is 1. The van der Waals surface area contributed by atoms with Crippen LogP contribution in [0.5, 0.6) is 0 Å². The number of carboxylic acids is 1. The molecule has 1 aromatic rings. The molecule has 0 spiro atoms. The van der Waals surface area contributed by atoms with Gasteiger partial charge >= 0.3 is 17.8 Å². The molecule has 96 valence electrons. The number of benzene rings is 1. The number of carbonyl (C=O) groups is 3. The van der Waals surface area contributed by atoms with Crippen molar-refractivity contribution in [3.05, 3.63) is 29.6 Å². The van der Waals surface area contributed by atoms with Crippen LogP contribution in [-0.2, 0) is 14.4 Å². The van der Waals surface area contributed by atoms with E-state index in [0.29, 0.717) is 5.56 Å². The maximum absolute atomic E-state index is 13.3. The number of nitrogens with one attached hydrogen (secondary N) is 2. The molecule has 18 heavy (non-hydrogen) atoms. The summed E-state index contributed by atoms with van der Waals surface area (Å²) in [7, 11) is 0. The van der Waals surface area contributed by atoms with Gasteiger partial charge in [-0.2, -0.15) is 0 Å². The van der Waals surface area contributed by atoms with Crippen LogP contribution in [0.25, 0.3) is 0 Å². The first kappa shape index (κ1) is 13.6. The van der Waals surface area contributed by atoms with E-state index in [4.69, 9.17) is 5.11 Å². The second-order valence-electron chi connectivity index (χ2n) is 3.46. The van der Waals surface area contributed by atoms with Gasteiger partial charge in [-0.3, -0.25) is 14.4 Å². The van der Waals surface area contributed by atoms with Crippen molar-refractivity contribution in [3.63, 3.8) is 0 Å². The third-order valence-corrected chi connectivity index (χ3v) is 2.07. The average molecular weight is 254 g/mol. The lowest BCUT2D eigenvalue weighted by molar-refractivity contribution is -0.140. The Hall–Kier alpha value is -2.44. The zero-order valence-electron chi connectivity index (χ0n) is 9.49. The van der Waals surface area contributed by atoms with Crippen LogP contribution in [0.4, 0.5) is 10.1 Å². The van der Waals surface area contributed by atoms with E-state index in [1.54, 1.807) is 13.0 Å². The number of halogens is 1. The van der Waals surface area contributed by atoms with E-state index in [9.17, 15) is 18.8 Å². The minimum atomic E-state index is -1.28. The van der Waals surface area contributed by atoms with Crippen molar-refractivity contribution >= 4 is 23.5 Å². The molecule has 0 heterocycles. The van der Waals surface area contributed by atoms with Crippen LogP contribution < -0.4 is 10.6 Å². The fraction of sp³-hybridized carbons (Fsp3) is 0.182. The molecule has 1 rings (SSSR count). The van der Waals surface area contributed by atoms with Crippen LogP contribution in [-0.4, -0.2) is 29.4 Å². The summed E-state index contributed by atoms with van der Waals surface area (Å²) < 4.78 is 13.3. The molecule has 0 aliphatic carbocycles. The number of aliphatic carboxylic acids is 1. The number of para-hydroxylation sites is 1. The number of amides is 2. The van der Waals surface area contributed by atoms with E-state index in [-0.39, 0.29) is 5.69 Å². The molecule has 1 aromatic carbocycles. The summed E-state index contributed by atoms with van der Waals surface area (Å²) in [5.74, 6) is -4.21. The summed E-state index contributed by atoms with van der Waals surface area (Å²) in [6.45, 7) is 0.885. The fourth-order valence-electron chi connectivity index (χ4n) is 1.20. The standard InChI is InChI=1S/C11H11FN2O4/c1-6-3-2-4-7(12)9(6)14-11(18)10(17)13-5-8(15)16/h2-4H,5H2,1H3,(H,13,17)(H,14,18)(H,15,16). The predicted octanol–water partition coefficient (Wildman–Crippen LogP) is 0.273. The SMILES string of the molecule is Cc1cccc(F)c1NC(=O)C(=O)NCC(=O)O. The summed E-state index contributed by atoms with van der Waals surface area (Å²) in [6.07, 6.45) is 0. The monoisotopic (exact) mass is 254 g/mol. The van der Waals surface area contributed by atoms with Gasteiger partial charge in [-0.05, 0) is 18.6 Å². The van der Waals surface area contributed by atoms with Crippen molar-refractivity contribution in [2.24, 2.45) is 0 Å². The van der Waals surface area contributed by atoms with E-state index >= 15 is 0 Å². The van der Waals surface area contributed by atoms with Gasteiger partial charge in [-0.25, -0.2) is 4.39 Å². The Kier molecular flexibility index (Phi) is 4.36.